The monoisotopic (exact) mass is 380 g/mol. The van der Waals surface area contributed by atoms with Gasteiger partial charge in [0.2, 0.25) is 0 Å². The summed E-state index contributed by atoms with van der Waals surface area (Å²) in [6, 6.07) is 0. The van der Waals surface area contributed by atoms with Crippen LogP contribution in [0.25, 0.3) is 0 Å². The highest BCUT2D eigenvalue weighted by molar-refractivity contribution is 9.12. The zero-order valence-electron chi connectivity index (χ0n) is 8.57. The highest BCUT2D eigenvalue weighted by Crippen LogP contribution is 2.21. The Kier molecular flexibility index (Phi) is 12.0. The van der Waals surface area contributed by atoms with Gasteiger partial charge < -0.3 is 10.2 Å². The van der Waals surface area contributed by atoms with E-state index in [0.717, 1.165) is 19.3 Å². The Morgan fingerprint density at radius 2 is 1.62 bits per heavy atom. The smallest absolute Gasteiger partial charge is 0.318 e. The highest BCUT2D eigenvalue weighted by Gasteiger charge is 2.22. The normalized spacial score (nSPS) is 13.6. The van der Waals surface area contributed by atoms with Gasteiger partial charge in [-0.25, -0.2) is 0 Å². The molecule has 0 spiro atoms. The molecule has 0 aliphatic carbocycles. The largest absolute Gasteiger partial charge is 0.481 e. The van der Waals surface area contributed by atoms with E-state index in [1.165, 1.54) is 0 Å². The highest BCUT2D eigenvalue weighted by atomic mass is 79.9. The van der Waals surface area contributed by atoms with Gasteiger partial charge >= 0.3 is 11.9 Å². The van der Waals surface area contributed by atoms with Crippen LogP contribution in [-0.2, 0) is 9.59 Å². The van der Waals surface area contributed by atoms with E-state index in [-0.39, 0.29) is 23.7 Å². The molecule has 0 radical (unpaired) electrons. The Labute approximate surface area is 117 Å². The molecule has 0 saturated carbocycles. The van der Waals surface area contributed by atoms with E-state index in [9.17, 15) is 9.59 Å². The maximum atomic E-state index is 10.6. The van der Waals surface area contributed by atoms with Crippen LogP contribution < -0.4 is 0 Å². The van der Waals surface area contributed by atoms with Crippen LogP contribution in [0.2, 0.25) is 0 Å². The van der Waals surface area contributed by atoms with E-state index >= 15 is 0 Å². The van der Waals surface area contributed by atoms with Crippen LogP contribution in [0.5, 0.6) is 0 Å². The molecule has 0 heterocycles. The standard InChI is InChI=1S/C9H14Br2O4.ClH/c10-6(8(11)9(14)15)4-2-1-3-5-7(12)13;/h6,8H,1-5H2,(H,12,13)(H,14,15);1H. The minimum absolute atomic E-state index is 0. The van der Waals surface area contributed by atoms with E-state index in [0.29, 0.717) is 6.42 Å². The fraction of sp³-hybridized carbons (Fsp3) is 0.778. The van der Waals surface area contributed by atoms with Gasteiger partial charge in [-0.05, 0) is 12.8 Å². The lowest BCUT2D eigenvalue weighted by atomic mass is 10.1. The van der Waals surface area contributed by atoms with Crippen LogP contribution in [0.1, 0.15) is 32.1 Å². The van der Waals surface area contributed by atoms with Crippen molar-refractivity contribution in [3.8, 4) is 0 Å². The lowest BCUT2D eigenvalue weighted by Gasteiger charge is -2.11. The number of alkyl halides is 2. The van der Waals surface area contributed by atoms with Crippen molar-refractivity contribution in [3.63, 3.8) is 0 Å². The Balaban J connectivity index is 0. The van der Waals surface area contributed by atoms with Gasteiger partial charge in [-0.2, -0.15) is 0 Å². The number of hydrogen-bond acceptors (Lipinski definition) is 2. The molecule has 2 unspecified atom stereocenters. The summed E-state index contributed by atoms with van der Waals surface area (Å²) >= 11 is 6.34. The number of carboxylic acid groups (broad SMARTS) is 2. The van der Waals surface area contributed by atoms with Crippen molar-refractivity contribution in [2.75, 3.05) is 0 Å². The molecule has 4 nitrogen and oxygen atoms in total. The van der Waals surface area contributed by atoms with Crippen molar-refractivity contribution in [3.05, 3.63) is 0 Å². The molecule has 2 atom stereocenters. The molecule has 0 bridgehead atoms. The van der Waals surface area contributed by atoms with Crippen LogP contribution in [0.15, 0.2) is 0 Å². The van der Waals surface area contributed by atoms with Crippen molar-refractivity contribution >= 4 is 56.2 Å². The van der Waals surface area contributed by atoms with E-state index in [1.54, 1.807) is 0 Å². The van der Waals surface area contributed by atoms with Crippen LogP contribution in [-0.4, -0.2) is 31.8 Å². The first-order valence-electron chi connectivity index (χ1n) is 4.68. The molecular formula is C9H15Br2ClO4. The van der Waals surface area contributed by atoms with E-state index in [1.807, 2.05) is 0 Å². The zero-order chi connectivity index (χ0) is 11.8. The number of carbonyl (C=O) groups is 2. The quantitative estimate of drug-likeness (QED) is 0.500. The number of hydrogen-bond donors (Lipinski definition) is 2. The number of unbranched alkanes of at least 4 members (excludes halogenated alkanes) is 2. The van der Waals surface area contributed by atoms with E-state index in [2.05, 4.69) is 31.9 Å². The lowest BCUT2D eigenvalue weighted by molar-refractivity contribution is -0.137. The van der Waals surface area contributed by atoms with Crippen LogP contribution >= 0.6 is 44.3 Å². The topological polar surface area (TPSA) is 74.6 Å². The Morgan fingerprint density at radius 1 is 1.06 bits per heavy atom. The van der Waals surface area contributed by atoms with Crippen molar-refractivity contribution in [2.24, 2.45) is 0 Å². The Hall–Kier alpha value is 0.190. The minimum atomic E-state index is -0.887. The molecular weight excluding hydrogens is 367 g/mol. The number of carboxylic acids is 2. The lowest BCUT2D eigenvalue weighted by Crippen LogP contribution is -2.23. The maximum absolute atomic E-state index is 10.6. The number of halogens is 3. The molecule has 0 saturated heterocycles. The molecule has 0 fully saturated rings. The summed E-state index contributed by atoms with van der Waals surface area (Å²) < 4.78 is 0. The predicted molar refractivity (Wildman–Crippen MR) is 71.0 cm³/mol. The Morgan fingerprint density at radius 3 is 2.06 bits per heavy atom. The average Bonchev–Trinajstić information content (AvgIpc) is 2.15. The van der Waals surface area contributed by atoms with Gasteiger partial charge in [0, 0.05) is 11.2 Å². The third-order valence-corrected chi connectivity index (χ3v) is 4.65. The maximum Gasteiger partial charge on any atom is 0.318 e. The fourth-order valence-corrected chi connectivity index (χ4v) is 1.91. The van der Waals surface area contributed by atoms with Gasteiger partial charge in [0.1, 0.15) is 4.83 Å². The van der Waals surface area contributed by atoms with Gasteiger partial charge in [0.25, 0.3) is 0 Å². The summed E-state index contributed by atoms with van der Waals surface area (Å²) in [7, 11) is 0. The number of rotatable bonds is 8. The molecule has 2 N–H and O–H groups in total. The molecule has 0 aromatic heterocycles. The summed E-state index contributed by atoms with van der Waals surface area (Å²) in [6.07, 6.45) is 3.20. The van der Waals surface area contributed by atoms with Gasteiger partial charge in [0.15, 0.2) is 0 Å². The first-order valence-corrected chi connectivity index (χ1v) is 6.51. The van der Waals surface area contributed by atoms with Crippen molar-refractivity contribution < 1.29 is 19.8 Å². The third-order valence-electron chi connectivity index (χ3n) is 1.92. The molecule has 0 aromatic rings. The SMILES string of the molecule is Cl.O=C(O)CCCCCC(Br)C(Br)C(=O)O. The predicted octanol–water partition coefficient (Wildman–Crippen LogP) is 3.05. The molecule has 0 rings (SSSR count). The summed E-state index contributed by atoms with van der Waals surface area (Å²) in [5.74, 6) is -1.67. The minimum Gasteiger partial charge on any atom is -0.481 e. The van der Waals surface area contributed by atoms with Gasteiger partial charge in [-0.3, -0.25) is 9.59 Å². The van der Waals surface area contributed by atoms with Crippen molar-refractivity contribution in [2.45, 2.75) is 41.8 Å². The van der Waals surface area contributed by atoms with Crippen LogP contribution in [0, 0.1) is 0 Å². The van der Waals surface area contributed by atoms with Crippen LogP contribution in [0.4, 0.5) is 0 Å². The summed E-state index contributed by atoms with van der Waals surface area (Å²) in [6.45, 7) is 0. The summed E-state index contributed by atoms with van der Waals surface area (Å²) in [4.78, 5) is 20.1. The molecule has 0 aliphatic heterocycles. The first kappa shape index (κ1) is 18.6. The van der Waals surface area contributed by atoms with Crippen molar-refractivity contribution in [1.29, 1.82) is 0 Å². The van der Waals surface area contributed by atoms with Gasteiger partial charge in [-0.15, -0.1) is 12.4 Å². The fourth-order valence-electron chi connectivity index (χ4n) is 1.09. The van der Waals surface area contributed by atoms with Gasteiger partial charge in [0.05, 0.1) is 0 Å². The zero-order valence-corrected chi connectivity index (χ0v) is 12.6. The average molecular weight is 382 g/mol. The molecule has 7 heteroatoms. The van der Waals surface area contributed by atoms with Crippen molar-refractivity contribution in [1.82, 2.24) is 0 Å². The number of aliphatic carboxylic acids is 2. The van der Waals surface area contributed by atoms with Gasteiger partial charge in [-0.1, -0.05) is 44.7 Å². The second-order valence-electron chi connectivity index (χ2n) is 3.25. The third kappa shape index (κ3) is 9.42. The molecule has 0 aromatic carbocycles. The molecule has 96 valence electrons. The Bertz CT molecular complexity index is 226. The van der Waals surface area contributed by atoms with E-state index in [4.69, 9.17) is 10.2 Å². The molecule has 16 heavy (non-hydrogen) atoms. The van der Waals surface area contributed by atoms with Crippen LogP contribution in [0.3, 0.4) is 0 Å². The summed E-state index contributed by atoms with van der Waals surface area (Å²) in [5, 5.41) is 17.1. The molecule has 0 amide bonds. The molecule has 0 aliphatic rings. The van der Waals surface area contributed by atoms with E-state index < -0.39 is 16.8 Å². The second-order valence-corrected chi connectivity index (χ2v) is 5.41. The first-order chi connectivity index (χ1) is 6.95. The summed E-state index contributed by atoms with van der Waals surface area (Å²) in [5.41, 5.74) is 0. The second kappa shape index (κ2) is 10.4.